The lowest BCUT2D eigenvalue weighted by atomic mass is 10.2. The molecule has 1 amide bonds. The molecule has 0 saturated carbocycles. The first-order chi connectivity index (χ1) is 11.9. The van der Waals surface area contributed by atoms with E-state index in [1.165, 1.54) is 0 Å². The maximum atomic E-state index is 12.4. The summed E-state index contributed by atoms with van der Waals surface area (Å²) >= 11 is 9.29. The molecule has 0 bridgehead atoms. The lowest BCUT2D eigenvalue weighted by Crippen LogP contribution is -2.25. The summed E-state index contributed by atoms with van der Waals surface area (Å²) < 4.78 is 4.31. The predicted octanol–water partition coefficient (Wildman–Crippen LogP) is 4.05. The van der Waals surface area contributed by atoms with Crippen LogP contribution in [0, 0.1) is 6.92 Å². The van der Waals surface area contributed by atoms with Gasteiger partial charge in [-0.1, -0.05) is 23.7 Å². The van der Waals surface area contributed by atoms with Crippen LogP contribution < -0.4 is 5.32 Å². The third-order valence-corrected chi connectivity index (χ3v) is 4.91. The lowest BCUT2D eigenvalue weighted by molar-refractivity contribution is -0.119. The standard InChI is InChI=1S/C17H17BrClN5O/c1-11-15(18)9-20-24(11)12(2)17(25)21-16-7-8-23(22-16)10-13-3-5-14(19)6-4-13/h3-9,12H,10H2,1-2H3,(H,21,22,25). The van der Waals surface area contributed by atoms with Crippen LogP contribution in [0.25, 0.3) is 0 Å². The molecule has 1 N–H and O–H groups in total. The third kappa shape index (κ3) is 4.11. The zero-order valence-corrected chi connectivity index (χ0v) is 16.1. The maximum Gasteiger partial charge on any atom is 0.250 e. The van der Waals surface area contributed by atoms with Gasteiger partial charge in [0.05, 0.1) is 22.9 Å². The number of carbonyl (C=O) groups excluding carboxylic acids is 1. The summed E-state index contributed by atoms with van der Waals surface area (Å²) in [5, 5.41) is 12.1. The summed E-state index contributed by atoms with van der Waals surface area (Å²) in [7, 11) is 0. The van der Waals surface area contributed by atoms with Crippen LogP contribution in [0.15, 0.2) is 47.2 Å². The van der Waals surface area contributed by atoms with Gasteiger partial charge in [0.1, 0.15) is 6.04 Å². The second-order valence-corrected chi connectivity index (χ2v) is 7.00. The number of rotatable bonds is 5. The molecule has 0 spiro atoms. The molecule has 6 nitrogen and oxygen atoms in total. The molecule has 25 heavy (non-hydrogen) atoms. The van der Waals surface area contributed by atoms with E-state index in [1.54, 1.807) is 28.6 Å². The predicted molar refractivity (Wildman–Crippen MR) is 101 cm³/mol. The normalized spacial score (nSPS) is 12.2. The monoisotopic (exact) mass is 421 g/mol. The van der Waals surface area contributed by atoms with Crippen LogP contribution in [0.2, 0.25) is 5.02 Å². The van der Waals surface area contributed by atoms with Crippen molar-refractivity contribution in [1.82, 2.24) is 19.6 Å². The summed E-state index contributed by atoms with van der Waals surface area (Å²) in [6.45, 7) is 4.31. The molecule has 2 heterocycles. The van der Waals surface area contributed by atoms with Crippen molar-refractivity contribution in [3.63, 3.8) is 0 Å². The molecule has 130 valence electrons. The highest BCUT2D eigenvalue weighted by Crippen LogP contribution is 2.19. The van der Waals surface area contributed by atoms with Crippen molar-refractivity contribution in [2.75, 3.05) is 5.32 Å². The van der Waals surface area contributed by atoms with Gasteiger partial charge in [-0.2, -0.15) is 10.2 Å². The zero-order chi connectivity index (χ0) is 18.0. The van der Waals surface area contributed by atoms with Crippen molar-refractivity contribution >= 4 is 39.3 Å². The number of hydrogen-bond acceptors (Lipinski definition) is 3. The number of aromatic nitrogens is 4. The zero-order valence-electron chi connectivity index (χ0n) is 13.8. The molecule has 0 aliphatic rings. The number of carbonyl (C=O) groups is 1. The van der Waals surface area contributed by atoms with E-state index in [4.69, 9.17) is 11.6 Å². The Morgan fingerprint density at radius 1 is 1.32 bits per heavy atom. The summed E-state index contributed by atoms with van der Waals surface area (Å²) in [5.74, 6) is 0.338. The largest absolute Gasteiger partial charge is 0.307 e. The van der Waals surface area contributed by atoms with Gasteiger partial charge in [0.2, 0.25) is 5.91 Å². The minimum absolute atomic E-state index is 0.171. The highest BCUT2D eigenvalue weighted by Gasteiger charge is 2.19. The molecule has 1 atom stereocenters. The van der Waals surface area contributed by atoms with E-state index in [0.717, 1.165) is 15.7 Å². The maximum absolute atomic E-state index is 12.4. The molecule has 2 aromatic heterocycles. The Balaban J connectivity index is 1.65. The van der Waals surface area contributed by atoms with E-state index >= 15 is 0 Å². The number of nitrogens with zero attached hydrogens (tertiary/aromatic N) is 4. The molecule has 0 saturated heterocycles. The fourth-order valence-electron chi connectivity index (χ4n) is 2.43. The van der Waals surface area contributed by atoms with Crippen molar-refractivity contribution in [2.24, 2.45) is 0 Å². The van der Waals surface area contributed by atoms with Crippen LogP contribution >= 0.6 is 27.5 Å². The van der Waals surface area contributed by atoms with Gasteiger partial charge in [-0.05, 0) is 47.5 Å². The van der Waals surface area contributed by atoms with Crippen molar-refractivity contribution in [3.8, 4) is 0 Å². The van der Waals surface area contributed by atoms with Crippen molar-refractivity contribution in [3.05, 3.63) is 63.5 Å². The Kier molecular flexibility index (Phi) is 5.24. The van der Waals surface area contributed by atoms with E-state index in [0.29, 0.717) is 17.4 Å². The lowest BCUT2D eigenvalue weighted by Gasteiger charge is -2.13. The van der Waals surface area contributed by atoms with E-state index in [1.807, 2.05) is 37.4 Å². The molecular formula is C17H17BrClN5O. The SMILES string of the molecule is Cc1c(Br)cnn1C(C)C(=O)Nc1ccn(Cc2ccc(Cl)cc2)n1. The molecular weight excluding hydrogens is 406 g/mol. The minimum Gasteiger partial charge on any atom is -0.307 e. The van der Waals surface area contributed by atoms with E-state index in [2.05, 4.69) is 31.4 Å². The highest BCUT2D eigenvalue weighted by molar-refractivity contribution is 9.10. The molecule has 0 radical (unpaired) electrons. The summed E-state index contributed by atoms with van der Waals surface area (Å²) in [6, 6.07) is 8.91. The number of anilines is 1. The Morgan fingerprint density at radius 3 is 2.68 bits per heavy atom. The van der Waals surface area contributed by atoms with Gasteiger partial charge in [0.25, 0.3) is 0 Å². The quantitative estimate of drug-likeness (QED) is 0.674. The summed E-state index contributed by atoms with van der Waals surface area (Å²) in [5.41, 5.74) is 1.98. The van der Waals surface area contributed by atoms with Crippen molar-refractivity contribution in [2.45, 2.75) is 26.4 Å². The Morgan fingerprint density at radius 2 is 2.04 bits per heavy atom. The minimum atomic E-state index is -0.437. The fourth-order valence-corrected chi connectivity index (χ4v) is 2.83. The number of hydrogen-bond donors (Lipinski definition) is 1. The summed E-state index contributed by atoms with van der Waals surface area (Å²) in [6.07, 6.45) is 3.50. The number of nitrogens with one attached hydrogen (secondary N) is 1. The van der Waals surface area contributed by atoms with Crippen LogP contribution in [-0.2, 0) is 11.3 Å². The Hall–Kier alpha value is -2.12. The average Bonchev–Trinajstić information content (AvgIpc) is 3.16. The molecule has 0 fully saturated rings. The molecule has 0 aliphatic carbocycles. The van der Waals surface area contributed by atoms with Crippen molar-refractivity contribution in [1.29, 1.82) is 0 Å². The molecule has 8 heteroatoms. The van der Waals surface area contributed by atoms with Crippen molar-refractivity contribution < 1.29 is 4.79 Å². The van der Waals surface area contributed by atoms with Gasteiger partial charge in [0, 0.05) is 17.3 Å². The first-order valence-electron chi connectivity index (χ1n) is 7.72. The van der Waals surface area contributed by atoms with Crippen LogP contribution in [0.4, 0.5) is 5.82 Å². The second kappa shape index (κ2) is 7.41. The Labute approximate surface area is 158 Å². The number of amides is 1. The Bertz CT molecular complexity index is 887. The fraction of sp³-hybridized carbons (Fsp3) is 0.235. The topological polar surface area (TPSA) is 64.7 Å². The smallest absolute Gasteiger partial charge is 0.250 e. The van der Waals surface area contributed by atoms with Crippen LogP contribution in [0.5, 0.6) is 0 Å². The summed E-state index contributed by atoms with van der Waals surface area (Å²) in [4.78, 5) is 12.4. The molecule has 3 rings (SSSR count). The van der Waals surface area contributed by atoms with Crippen LogP contribution in [-0.4, -0.2) is 25.5 Å². The highest BCUT2D eigenvalue weighted by atomic mass is 79.9. The van der Waals surface area contributed by atoms with Gasteiger partial charge in [-0.3, -0.25) is 14.2 Å². The van der Waals surface area contributed by atoms with Crippen LogP contribution in [0.3, 0.4) is 0 Å². The van der Waals surface area contributed by atoms with E-state index in [-0.39, 0.29) is 5.91 Å². The van der Waals surface area contributed by atoms with Gasteiger partial charge in [0.15, 0.2) is 5.82 Å². The first-order valence-corrected chi connectivity index (χ1v) is 8.89. The molecule has 0 aliphatic heterocycles. The third-order valence-electron chi connectivity index (χ3n) is 3.88. The van der Waals surface area contributed by atoms with Gasteiger partial charge in [-0.25, -0.2) is 0 Å². The van der Waals surface area contributed by atoms with Crippen LogP contribution in [0.1, 0.15) is 24.2 Å². The molecule has 1 aromatic carbocycles. The first kappa shape index (κ1) is 17.7. The molecule has 3 aromatic rings. The molecule has 1 unspecified atom stereocenters. The number of halogens is 2. The van der Waals surface area contributed by atoms with Gasteiger partial charge in [-0.15, -0.1) is 0 Å². The van der Waals surface area contributed by atoms with E-state index < -0.39 is 6.04 Å². The van der Waals surface area contributed by atoms with Gasteiger partial charge < -0.3 is 5.32 Å². The number of benzene rings is 1. The van der Waals surface area contributed by atoms with Gasteiger partial charge >= 0.3 is 0 Å². The van der Waals surface area contributed by atoms with E-state index in [9.17, 15) is 4.79 Å². The second-order valence-electron chi connectivity index (χ2n) is 5.71. The average molecular weight is 423 g/mol.